The normalized spacial score (nSPS) is 14.0. The molecule has 12 heteroatoms. The van der Waals surface area contributed by atoms with Crippen molar-refractivity contribution in [3.63, 3.8) is 0 Å². The van der Waals surface area contributed by atoms with Gasteiger partial charge in [-0.15, -0.1) is 0 Å². The molecule has 0 unspecified atom stereocenters. The van der Waals surface area contributed by atoms with E-state index in [-0.39, 0.29) is 36.4 Å². The predicted octanol–water partition coefficient (Wildman–Crippen LogP) is 17.8. The fourth-order valence-electron chi connectivity index (χ4n) is 17.4. The van der Waals surface area contributed by atoms with Gasteiger partial charge in [0.25, 0.3) is 20.1 Å². The van der Waals surface area contributed by atoms with E-state index < -0.39 is 0 Å². The molecule has 6 aliphatic heterocycles. The van der Waals surface area contributed by atoms with Crippen molar-refractivity contribution in [2.75, 3.05) is 14.7 Å². The first-order chi connectivity index (χ1) is 50.3. The van der Waals surface area contributed by atoms with Crippen LogP contribution < -0.4 is 78.1 Å². The Morgan fingerprint density at radius 1 is 0.248 bits per heavy atom. The van der Waals surface area contributed by atoms with Crippen LogP contribution in [0.15, 0.2) is 218 Å². The molecule has 0 N–H and O–H groups in total. The maximum absolute atomic E-state index is 7.02. The van der Waals surface area contributed by atoms with Gasteiger partial charge < -0.3 is 28.9 Å². The van der Waals surface area contributed by atoms with Crippen molar-refractivity contribution in [1.29, 1.82) is 0 Å². The summed E-state index contributed by atoms with van der Waals surface area (Å²) in [4.78, 5) is 24.7. The fourth-order valence-corrected chi connectivity index (χ4v) is 17.4. The number of aromatic nitrogens is 3. The van der Waals surface area contributed by atoms with Crippen LogP contribution in [0.4, 0.5) is 51.2 Å². The van der Waals surface area contributed by atoms with E-state index in [2.05, 4.69) is 337 Å². The van der Waals surface area contributed by atoms with Gasteiger partial charge in [-0.05, 0) is 268 Å². The zero-order valence-corrected chi connectivity index (χ0v) is 62.4. The summed E-state index contributed by atoms with van der Waals surface area (Å²) < 4.78 is 21.0. The summed E-state index contributed by atoms with van der Waals surface area (Å²) in [5.41, 5.74) is 33.2. The standard InChI is InChI=1S/C93H81B3N6O3/c1-52-16-37-79-70(40-52)94-67-49-58(19-34-73(67)100(64-28-22-61(23-29-64)91(7,8)9)76-43-55(4)46-82(103-79)85(76)94)88-97-89(59-20-35-74-68(50-59)95-71-41-53(2)17-38-80(71)104-83-47-56(5)44-77(86(83)95)101(74)65-30-24-62(25-31-65)92(10,11)12)99-90(98-88)60-21-36-75-69(51-60)96-72-42-54(3)18-39-81(72)105-84-48-57(6)45-78(87(84)96)102(75)66-32-26-63(27-33-66)93(13,14)15/h16-51H,1-15H3. The lowest BCUT2D eigenvalue weighted by Gasteiger charge is -2.40. The summed E-state index contributed by atoms with van der Waals surface area (Å²) in [6, 6.07) is 81.5. The molecule has 13 aromatic rings. The van der Waals surface area contributed by atoms with Crippen LogP contribution in [-0.2, 0) is 16.2 Å². The van der Waals surface area contributed by atoms with Gasteiger partial charge in [-0.1, -0.05) is 170 Å². The number of hydrogen-bond acceptors (Lipinski definition) is 9. The summed E-state index contributed by atoms with van der Waals surface area (Å²) in [6.07, 6.45) is 0. The number of benzene rings is 12. The first kappa shape index (κ1) is 64.5. The van der Waals surface area contributed by atoms with Gasteiger partial charge in [-0.3, -0.25) is 0 Å². The molecular formula is C93H81B3N6O3. The number of rotatable bonds is 6. The van der Waals surface area contributed by atoms with E-state index in [0.29, 0.717) is 17.5 Å². The predicted molar refractivity (Wildman–Crippen MR) is 438 cm³/mol. The third kappa shape index (κ3) is 10.4. The summed E-state index contributed by atoms with van der Waals surface area (Å²) in [7, 11) is 0. The van der Waals surface area contributed by atoms with Gasteiger partial charge in [-0.25, -0.2) is 15.0 Å². The minimum atomic E-state index is -0.174. The average Bonchev–Trinajstić information content (AvgIpc) is 0.719. The minimum Gasteiger partial charge on any atom is -0.458 e. The smallest absolute Gasteiger partial charge is 0.256 e. The van der Waals surface area contributed by atoms with Gasteiger partial charge in [0.05, 0.1) is 0 Å². The van der Waals surface area contributed by atoms with Crippen LogP contribution in [0.1, 0.15) is 112 Å². The number of aryl methyl sites for hydroxylation is 6. The van der Waals surface area contributed by atoms with E-state index in [1.54, 1.807) is 0 Å². The van der Waals surface area contributed by atoms with Gasteiger partial charge in [-0.2, -0.15) is 0 Å². The van der Waals surface area contributed by atoms with Crippen LogP contribution in [-0.4, -0.2) is 35.1 Å². The summed E-state index contributed by atoms with van der Waals surface area (Å²) in [6.45, 7) is 33.0. The molecular weight excluding hydrogens is 1280 g/mol. The number of hydrogen-bond donors (Lipinski definition) is 0. The molecule has 12 aromatic carbocycles. The van der Waals surface area contributed by atoms with Crippen LogP contribution in [0.3, 0.4) is 0 Å². The van der Waals surface area contributed by atoms with E-state index in [1.165, 1.54) is 33.4 Å². The van der Waals surface area contributed by atoms with E-state index in [4.69, 9.17) is 29.2 Å². The van der Waals surface area contributed by atoms with Crippen LogP contribution >= 0.6 is 0 Å². The largest absolute Gasteiger partial charge is 0.458 e. The van der Waals surface area contributed by atoms with Crippen LogP contribution in [0.25, 0.3) is 34.2 Å². The van der Waals surface area contributed by atoms with Gasteiger partial charge in [0.2, 0.25) is 0 Å². The first-order valence-electron chi connectivity index (χ1n) is 37.0. The zero-order chi connectivity index (χ0) is 72.2. The fraction of sp³-hybridized carbons (Fsp3) is 0.194. The highest BCUT2D eigenvalue weighted by atomic mass is 16.5. The lowest BCUT2D eigenvalue weighted by molar-refractivity contribution is 0.486. The molecule has 9 nitrogen and oxygen atoms in total. The molecule has 6 aliphatic rings. The SMILES string of the molecule is Cc1ccc2c(c1)B1c3cc(-c4nc(-c5ccc6c(c5)B5c7cc(C)ccc7Oc7cc(C)cc(c75)N6c5ccc(C(C)(C)C)cc5)nc(-c5ccc6c(c5)B5c7cc(C)ccc7Oc7cc(C)cc(c75)N6c5ccc(C(C)(C)C)cc5)n4)ccc3N(c3ccc(C(C)(C)C)cc3)c3cc(C)cc(c31)O2. The Labute approximate surface area is 617 Å². The van der Waals surface area contributed by atoms with Gasteiger partial charge in [0, 0.05) is 67.9 Å². The highest BCUT2D eigenvalue weighted by Gasteiger charge is 2.47. The Morgan fingerprint density at radius 3 is 0.771 bits per heavy atom. The maximum atomic E-state index is 7.02. The third-order valence-electron chi connectivity index (χ3n) is 22.6. The van der Waals surface area contributed by atoms with Gasteiger partial charge >= 0.3 is 0 Å². The van der Waals surface area contributed by atoms with Gasteiger partial charge in [0.15, 0.2) is 17.5 Å². The Bertz CT molecular complexity index is 5310. The lowest BCUT2D eigenvalue weighted by atomic mass is 9.34. The highest BCUT2D eigenvalue weighted by molar-refractivity contribution is 7.01. The molecule has 0 bridgehead atoms. The topological polar surface area (TPSA) is 76.1 Å². The average molecular weight is 1360 g/mol. The monoisotopic (exact) mass is 1360 g/mol. The summed E-state index contributed by atoms with van der Waals surface area (Å²) in [5.74, 6) is 6.86. The van der Waals surface area contributed by atoms with Crippen molar-refractivity contribution in [2.45, 2.75) is 120 Å². The zero-order valence-electron chi connectivity index (χ0n) is 62.4. The van der Waals surface area contributed by atoms with Gasteiger partial charge in [0.1, 0.15) is 34.5 Å². The molecule has 0 atom stereocenters. The quantitative estimate of drug-likeness (QED) is 0.151. The van der Waals surface area contributed by atoms with Crippen LogP contribution in [0, 0.1) is 41.5 Å². The second-order valence-corrected chi connectivity index (χ2v) is 33.3. The van der Waals surface area contributed by atoms with E-state index in [0.717, 1.165) is 168 Å². The molecule has 0 amide bonds. The van der Waals surface area contributed by atoms with Crippen molar-refractivity contribution < 1.29 is 14.2 Å². The number of fused-ring (bicyclic) bond motifs is 12. The molecule has 105 heavy (non-hydrogen) atoms. The highest BCUT2D eigenvalue weighted by Crippen LogP contribution is 2.48. The van der Waals surface area contributed by atoms with Crippen molar-refractivity contribution in [3.8, 4) is 68.7 Å². The Balaban J connectivity index is 0.855. The van der Waals surface area contributed by atoms with E-state index in [1.807, 2.05) is 0 Å². The second kappa shape index (κ2) is 23.1. The molecule has 0 saturated carbocycles. The Hall–Kier alpha value is -11.4. The number of ether oxygens (including phenoxy) is 3. The molecule has 19 rings (SSSR count). The maximum Gasteiger partial charge on any atom is 0.256 e. The molecule has 1 aromatic heterocycles. The Morgan fingerprint density at radius 2 is 0.514 bits per heavy atom. The van der Waals surface area contributed by atoms with Crippen molar-refractivity contribution in [2.24, 2.45) is 0 Å². The summed E-state index contributed by atoms with van der Waals surface area (Å²) >= 11 is 0. The van der Waals surface area contributed by atoms with Crippen molar-refractivity contribution in [3.05, 3.63) is 268 Å². The number of nitrogens with zero attached hydrogens (tertiary/aromatic N) is 6. The molecule has 0 saturated heterocycles. The minimum absolute atomic E-state index is 0.0255. The number of anilines is 9. The lowest BCUT2D eigenvalue weighted by Crippen LogP contribution is -2.59. The van der Waals surface area contributed by atoms with Crippen molar-refractivity contribution >= 4 is 120 Å². The third-order valence-corrected chi connectivity index (χ3v) is 22.6. The molecule has 0 fully saturated rings. The first-order valence-corrected chi connectivity index (χ1v) is 37.0. The molecule has 510 valence electrons. The van der Waals surface area contributed by atoms with Crippen LogP contribution in [0.5, 0.6) is 34.5 Å². The summed E-state index contributed by atoms with van der Waals surface area (Å²) in [5, 5.41) is 0. The van der Waals surface area contributed by atoms with E-state index in [9.17, 15) is 0 Å². The molecule has 0 aliphatic carbocycles. The second-order valence-electron chi connectivity index (χ2n) is 33.3. The molecule has 0 radical (unpaired) electrons. The molecule has 0 spiro atoms. The Kier molecular flexibility index (Phi) is 14.2. The van der Waals surface area contributed by atoms with E-state index >= 15 is 0 Å². The molecule has 7 heterocycles. The van der Waals surface area contributed by atoms with Crippen molar-refractivity contribution in [1.82, 2.24) is 15.0 Å². The van der Waals surface area contributed by atoms with Crippen LogP contribution in [0.2, 0.25) is 0 Å².